The van der Waals surface area contributed by atoms with E-state index in [1.165, 1.54) is 0 Å². The summed E-state index contributed by atoms with van der Waals surface area (Å²) in [5.41, 5.74) is 1.74. The lowest BCUT2D eigenvalue weighted by Gasteiger charge is -2.35. The van der Waals surface area contributed by atoms with Crippen LogP contribution in [0.25, 0.3) is 0 Å². The summed E-state index contributed by atoms with van der Waals surface area (Å²) < 4.78 is 7.47. The van der Waals surface area contributed by atoms with Crippen LogP contribution in [0.5, 0.6) is 0 Å². The van der Waals surface area contributed by atoms with Crippen molar-refractivity contribution in [3.63, 3.8) is 0 Å². The number of hydrogen-bond donors (Lipinski definition) is 0. The third-order valence-corrected chi connectivity index (χ3v) is 5.06. The average Bonchev–Trinajstić information content (AvgIpc) is 3.20. The number of piperidine rings is 1. The molecule has 3 rings (SSSR count). The van der Waals surface area contributed by atoms with Crippen molar-refractivity contribution in [3.8, 4) is 0 Å². The van der Waals surface area contributed by atoms with E-state index < -0.39 is 0 Å². The third-order valence-electron chi connectivity index (χ3n) is 5.06. The predicted molar refractivity (Wildman–Crippen MR) is 90.8 cm³/mol. The summed E-state index contributed by atoms with van der Waals surface area (Å²) in [5, 5.41) is 3.98. The van der Waals surface area contributed by atoms with E-state index in [2.05, 4.69) is 21.6 Å². The Hall–Kier alpha value is -2.11. The number of carbonyl (C=O) groups excluding carboxylic acids is 1. The highest BCUT2D eigenvalue weighted by Gasteiger charge is 2.31. The van der Waals surface area contributed by atoms with Gasteiger partial charge in [-0.2, -0.15) is 0 Å². The Morgan fingerprint density at radius 3 is 2.92 bits per heavy atom. The van der Waals surface area contributed by atoms with Crippen LogP contribution in [-0.2, 0) is 11.2 Å². The molecule has 0 saturated carbocycles. The van der Waals surface area contributed by atoms with Crippen molar-refractivity contribution in [2.75, 3.05) is 13.1 Å². The largest absolute Gasteiger partial charge is 0.361 e. The minimum atomic E-state index is -0.219. The average molecular weight is 330 g/mol. The molecule has 0 spiro atoms. The van der Waals surface area contributed by atoms with Crippen LogP contribution in [0, 0.1) is 13.8 Å². The Labute approximate surface area is 142 Å². The van der Waals surface area contributed by atoms with Gasteiger partial charge in [-0.05, 0) is 33.6 Å². The minimum absolute atomic E-state index is 0.160. The highest BCUT2D eigenvalue weighted by Crippen LogP contribution is 2.29. The number of nitrogens with zero attached hydrogens (tertiary/aromatic N) is 4. The normalized spacial score (nSPS) is 19.5. The number of aromatic nitrogens is 3. The van der Waals surface area contributed by atoms with Gasteiger partial charge < -0.3 is 14.0 Å². The van der Waals surface area contributed by atoms with Crippen molar-refractivity contribution < 1.29 is 9.32 Å². The zero-order valence-electron chi connectivity index (χ0n) is 15.0. The molecule has 0 aliphatic carbocycles. The van der Waals surface area contributed by atoms with Crippen molar-refractivity contribution >= 4 is 5.91 Å². The quantitative estimate of drug-likeness (QED) is 0.864. The Balaban J connectivity index is 1.76. The molecule has 3 heterocycles. The molecule has 1 amide bonds. The third kappa shape index (κ3) is 2.97. The van der Waals surface area contributed by atoms with Crippen molar-refractivity contribution in [2.45, 2.75) is 58.9 Å². The van der Waals surface area contributed by atoms with E-state index in [1.54, 1.807) is 0 Å². The molecule has 0 unspecified atom stereocenters. The lowest BCUT2D eigenvalue weighted by atomic mass is 9.96. The first-order valence-electron chi connectivity index (χ1n) is 8.76. The second-order valence-electron chi connectivity index (χ2n) is 6.64. The van der Waals surface area contributed by atoms with Crippen LogP contribution in [0.3, 0.4) is 0 Å². The Kier molecular flexibility index (Phi) is 4.73. The minimum Gasteiger partial charge on any atom is -0.361 e. The molecule has 130 valence electrons. The van der Waals surface area contributed by atoms with E-state index >= 15 is 0 Å². The molecule has 1 fully saturated rings. The van der Waals surface area contributed by atoms with Crippen LogP contribution < -0.4 is 0 Å². The molecule has 1 aliphatic rings. The highest BCUT2D eigenvalue weighted by molar-refractivity contribution is 5.84. The fraction of sp³-hybridized carbons (Fsp3) is 0.611. The summed E-state index contributed by atoms with van der Waals surface area (Å²) in [6, 6.07) is 0.317. The molecule has 2 aromatic heterocycles. The van der Waals surface area contributed by atoms with Gasteiger partial charge in [-0.3, -0.25) is 4.79 Å². The lowest BCUT2D eigenvalue weighted by molar-refractivity contribution is -0.134. The SMILES string of the molecule is CCc1nccn1[C@@H]1CCCN(C(=O)[C@@H](C)c2c(C)noc2C)C1. The number of aryl methyl sites for hydroxylation is 3. The van der Waals surface area contributed by atoms with Crippen LogP contribution in [-0.4, -0.2) is 38.6 Å². The van der Waals surface area contributed by atoms with Gasteiger partial charge in [0.05, 0.1) is 17.7 Å². The van der Waals surface area contributed by atoms with Crippen molar-refractivity contribution in [1.82, 2.24) is 19.6 Å². The topological polar surface area (TPSA) is 64.2 Å². The van der Waals surface area contributed by atoms with Crippen LogP contribution >= 0.6 is 0 Å². The summed E-state index contributed by atoms with van der Waals surface area (Å²) in [6.45, 7) is 9.40. The molecule has 0 aromatic carbocycles. The maximum absolute atomic E-state index is 13.0. The van der Waals surface area contributed by atoms with Crippen molar-refractivity contribution in [2.24, 2.45) is 0 Å². The zero-order chi connectivity index (χ0) is 17.3. The van der Waals surface area contributed by atoms with E-state index in [0.29, 0.717) is 6.04 Å². The van der Waals surface area contributed by atoms with Gasteiger partial charge in [0.25, 0.3) is 0 Å². The van der Waals surface area contributed by atoms with Crippen LogP contribution in [0.15, 0.2) is 16.9 Å². The number of hydrogen-bond acceptors (Lipinski definition) is 4. The van der Waals surface area contributed by atoms with Gasteiger partial charge in [-0.1, -0.05) is 12.1 Å². The second-order valence-corrected chi connectivity index (χ2v) is 6.64. The number of carbonyl (C=O) groups is 1. The van der Waals surface area contributed by atoms with E-state index in [1.807, 2.05) is 38.1 Å². The highest BCUT2D eigenvalue weighted by atomic mass is 16.5. The molecule has 2 aromatic rings. The number of imidazole rings is 1. The maximum atomic E-state index is 13.0. The summed E-state index contributed by atoms with van der Waals surface area (Å²) in [7, 11) is 0. The zero-order valence-corrected chi connectivity index (χ0v) is 15.0. The lowest BCUT2D eigenvalue weighted by Crippen LogP contribution is -2.42. The van der Waals surface area contributed by atoms with Crippen molar-refractivity contribution in [3.05, 3.63) is 35.2 Å². The molecule has 6 nitrogen and oxygen atoms in total. The molecule has 6 heteroatoms. The second kappa shape index (κ2) is 6.79. The van der Waals surface area contributed by atoms with E-state index in [0.717, 1.165) is 55.2 Å². The summed E-state index contributed by atoms with van der Waals surface area (Å²) in [6.07, 6.45) is 6.91. The number of likely N-dealkylation sites (tertiary alicyclic amines) is 1. The first-order chi connectivity index (χ1) is 11.5. The maximum Gasteiger partial charge on any atom is 0.230 e. The van der Waals surface area contributed by atoms with Crippen molar-refractivity contribution in [1.29, 1.82) is 0 Å². The van der Waals surface area contributed by atoms with Gasteiger partial charge >= 0.3 is 0 Å². The van der Waals surface area contributed by atoms with Gasteiger partial charge in [0.1, 0.15) is 11.6 Å². The van der Waals surface area contributed by atoms with Gasteiger partial charge in [0, 0.05) is 37.5 Å². The Morgan fingerprint density at radius 1 is 1.46 bits per heavy atom. The molecule has 0 radical (unpaired) electrons. The van der Waals surface area contributed by atoms with Crippen LogP contribution in [0.4, 0.5) is 0 Å². The summed E-state index contributed by atoms with van der Waals surface area (Å²) >= 11 is 0. The first kappa shape index (κ1) is 16.7. The van der Waals surface area contributed by atoms with Gasteiger partial charge in [0.15, 0.2) is 0 Å². The summed E-state index contributed by atoms with van der Waals surface area (Å²) in [4.78, 5) is 19.4. The standard InChI is InChI=1S/C18H26N4O2/c1-5-16-19-8-10-22(16)15-7-6-9-21(11-15)18(23)12(2)17-13(3)20-24-14(17)4/h8,10,12,15H,5-7,9,11H2,1-4H3/t12-,15+/m0/s1. The molecule has 1 aliphatic heterocycles. The molecule has 24 heavy (non-hydrogen) atoms. The van der Waals surface area contributed by atoms with Crippen LogP contribution in [0.2, 0.25) is 0 Å². The fourth-order valence-electron chi connectivity index (χ4n) is 3.84. The molecule has 0 bridgehead atoms. The molecule has 0 N–H and O–H groups in total. The Morgan fingerprint density at radius 2 is 2.25 bits per heavy atom. The van der Waals surface area contributed by atoms with Crippen LogP contribution in [0.1, 0.15) is 61.5 Å². The fourth-order valence-corrected chi connectivity index (χ4v) is 3.84. The van der Waals surface area contributed by atoms with E-state index in [4.69, 9.17) is 4.52 Å². The monoisotopic (exact) mass is 330 g/mol. The number of rotatable bonds is 4. The van der Waals surface area contributed by atoms with Gasteiger partial charge in [-0.25, -0.2) is 4.98 Å². The molecular weight excluding hydrogens is 304 g/mol. The smallest absolute Gasteiger partial charge is 0.230 e. The molecule has 1 saturated heterocycles. The predicted octanol–water partition coefficient (Wildman–Crippen LogP) is 3.02. The molecule has 2 atom stereocenters. The number of amides is 1. The first-order valence-corrected chi connectivity index (χ1v) is 8.76. The van der Waals surface area contributed by atoms with E-state index in [9.17, 15) is 4.79 Å². The van der Waals surface area contributed by atoms with E-state index in [-0.39, 0.29) is 11.8 Å². The molecular formula is C18H26N4O2. The summed E-state index contributed by atoms with van der Waals surface area (Å²) in [5.74, 6) is 1.77. The Bertz CT molecular complexity index is 699. The van der Waals surface area contributed by atoms with Gasteiger partial charge in [0.2, 0.25) is 5.91 Å². The van der Waals surface area contributed by atoms with Gasteiger partial charge in [-0.15, -0.1) is 0 Å².